The van der Waals surface area contributed by atoms with Gasteiger partial charge in [0.2, 0.25) is 0 Å². The molecule has 3 unspecified atom stereocenters. The Balaban J connectivity index is 2.14. The van der Waals surface area contributed by atoms with E-state index in [2.05, 4.69) is 0 Å². The summed E-state index contributed by atoms with van der Waals surface area (Å²) in [6.07, 6.45) is 3.06. The lowest BCUT2D eigenvalue weighted by Gasteiger charge is -2.14. The summed E-state index contributed by atoms with van der Waals surface area (Å²) in [7, 11) is 0.644. The highest BCUT2D eigenvalue weighted by atomic mass is 32.2. The minimum atomic E-state index is -0.980. The molecule has 0 spiro atoms. The summed E-state index contributed by atoms with van der Waals surface area (Å²) in [5, 5.41) is 0.119. The highest BCUT2D eigenvalue weighted by Crippen LogP contribution is 2.26. The molecule has 2 N–H and O–H groups in total. The van der Waals surface area contributed by atoms with Crippen molar-refractivity contribution >= 4 is 10.8 Å². The van der Waals surface area contributed by atoms with Crippen LogP contribution in [-0.2, 0) is 10.8 Å². The van der Waals surface area contributed by atoms with Gasteiger partial charge in [-0.15, -0.1) is 0 Å². The molecule has 3 nitrogen and oxygen atoms in total. The Bertz CT molecular complexity index is 377. The topological polar surface area (TPSA) is 52.3 Å². The van der Waals surface area contributed by atoms with E-state index in [0.717, 1.165) is 29.9 Å². The monoisotopic (exact) mass is 239 g/mol. The standard InChI is InChI=1S/C12H17NO2S/c1-15-9-5-7-10(8-6-9)16(14)12-4-2-3-11(12)13/h5-8,11-12H,2-4,13H2,1H3. The van der Waals surface area contributed by atoms with Crippen LogP contribution in [0.4, 0.5) is 0 Å². The number of hydrogen-bond donors (Lipinski definition) is 1. The van der Waals surface area contributed by atoms with Gasteiger partial charge in [0.25, 0.3) is 0 Å². The summed E-state index contributed by atoms with van der Waals surface area (Å²) < 4.78 is 17.3. The molecule has 1 aromatic carbocycles. The van der Waals surface area contributed by atoms with Gasteiger partial charge in [-0.3, -0.25) is 4.21 Å². The highest BCUT2D eigenvalue weighted by Gasteiger charge is 2.29. The molecule has 2 rings (SSSR count). The number of methoxy groups -OCH3 is 1. The van der Waals surface area contributed by atoms with Crippen LogP contribution in [0, 0.1) is 0 Å². The number of nitrogens with two attached hydrogens (primary N) is 1. The summed E-state index contributed by atoms with van der Waals surface area (Å²) >= 11 is 0. The van der Waals surface area contributed by atoms with Crippen LogP contribution in [0.2, 0.25) is 0 Å². The normalized spacial score (nSPS) is 26.6. The van der Waals surface area contributed by atoms with Gasteiger partial charge < -0.3 is 10.5 Å². The van der Waals surface area contributed by atoms with Crippen LogP contribution in [-0.4, -0.2) is 22.6 Å². The van der Waals surface area contributed by atoms with Crippen molar-refractivity contribution in [3.63, 3.8) is 0 Å². The van der Waals surface area contributed by atoms with Crippen LogP contribution in [0.15, 0.2) is 29.2 Å². The molecule has 3 atom stereocenters. The summed E-state index contributed by atoms with van der Waals surface area (Å²) in [5.41, 5.74) is 5.96. The van der Waals surface area contributed by atoms with Crippen molar-refractivity contribution in [3.05, 3.63) is 24.3 Å². The van der Waals surface area contributed by atoms with Gasteiger partial charge in [-0.2, -0.15) is 0 Å². The van der Waals surface area contributed by atoms with Crippen molar-refractivity contribution < 1.29 is 8.95 Å². The van der Waals surface area contributed by atoms with E-state index in [1.807, 2.05) is 24.3 Å². The first-order chi connectivity index (χ1) is 7.72. The lowest BCUT2D eigenvalue weighted by Crippen LogP contribution is -2.32. The second-order valence-electron chi connectivity index (χ2n) is 4.11. The molecule has 88 valence electrons. The van der Waals surface area contributed by atoms with E-state index in [1.54, 1.807) is 7.11 Å². The first-order valence-electron chi connectivity index (χ1n) is 5.52. The smallest absolute Gasteiger partial charge is 0.118 e. The fourth-order valence-electron chi connectivity index (χ4n) is 2.11. The highest BCUT2D eigenvalue weighted by molar-refractivity contribution is 7.85. The minimum Gasteiger partial charge on any atom is -0.497 e. The zero-order chi connectivity index (χ0) is 11.5. The van der Waals surface area contributed by atoms with Crippen LogP contribution in [0.1, 0.15) is 19.3 Å². The van der Waals surface area contributed by atoms with Gasteiger partial charge in [-0.1, -0.05) is 6.42 Å². The molecule has 1 aromatic rings. The molecule has 1 aliphatic rings. The molecule has 0 heterocycles. The fourth-order valence-corrected chi connectivity index (χ4v) is 3.69. The lowest BCUT2D eigenvalue weighted by atomic mass is 10.3. The molecule has 0 bridgehead atoms. The Morgan fingerprint density at radius 1 is 1.31 bits per heavy atom. The Hall–Kier alpha value is -0.870. The van der Waals surface area contributed by atoms with Crippen LogP contribution in [0.5, 0.6) is 5.75 Å². The van der Waals surface area contributed by atoms with Crippen LogP contribution in [0.3, 0.4) is 0 Å². The molecule has 1 fully saturated rings. The van der Waals surface area contributed by atoms with Crippen molar-refractivity contribution in [2.45, 2.75) is 35.4 Å². The van der Waals surface area contributed by atoms with E-state index in [9.17, 15) is 4.21 Å². The summed E-state index contributed by atoms with van der Waals surface area (Å²) in [4.78, 5) is 0.850. The third-order valence-corrected chi connectivity index (χ3v) is 4.94. The Morgan fingerprint density at radius 2 is 2.00 bits per heavy atom. The van der Waals surface area contributed by atoms with Crippen LogP contribution >= 0.6 is 0 Å². The van der Waals surface area contributed by atoms with Gasteiger partial charge in [0, 0.05) is 10.9 Å². The molecule has 0 aliphatic heterocycles. The Morgan fingerprint density at radius 3 is 2.50 bits per heavy atom. The Labute approximate surface area is 98.4 Å². The average Bonchev–Trinajstić information content (AvgIpc) is 2.75. The Kier molecular flexibility index (Phi) is 3.61. The SMILES string of the molecule is COc1ccc(S(=O)C2CCCC2N)cc1. The lowest BCUT2D eigenvalue weighted by molar-refractivity contribution is 0.414. The summed E-state index contributed by atoms with van der Waals surface area (Å²) in [6.45, 7) is 0. The van der Waals surface area contributed by atoms with E-state index < -0.39 is 10.8 Å². The first-order valence-corrected chi connectivity index (χ1v) is 6.74. The van der Waals surface area contributed by atoms with E-state index in [4.69, 9.17) is 10.5 Å². The maximum atomic E-state index is 12.2. The van der Waals surface area contributed by atoms with Crippen molar-refractivity contribution in [3.8, 4) is 5.75 Å². The number of benzene rings is 1. The zero-order valence-corrected chi connectivity index (χ0v) is 10.2. The molecule has 4 heteroatoms. The van der Waals surface area contributed by atoms with E-state index in [0.29, 0.717) is 0 Å². The minimum absolute atomic E-state index is 0.0861. The zero-order valence-electron chi connectivity index (χ0n) is 9.39. The summed E-state index contributed by atoms with van der Waals surface area (Å²) in [5.74, 6) is 0.788. The maximum absolute atomic E-state index is 12.2. The largest absolute Gasteiger partial charge is 0.497 e. The van der Waals surface area contributed by atoms with Gasteiger partial charge in [-0.05, 0) is 37.1 Å². The molecular formula is C12H17NO2S. The third kappa shape index (κ3) is 2.28. The molecule has 0 saturated heterocycles. The molecule has 1 aliphatic carbocycles. The van der Waals surface area contributed by atoms with Crippen LogP contribution < -0.4 is 10.5 Å². The summed E-state index contributed by atoms with van der Waals surface area (Å²) in [6, 6.07) is 7.49. The molecule has 0 aromatic heterocycles. The fraction of sp³-hybridized carbons (Fsp3) is 0.500. The van der Waals surface area contributed by atoms with Gasteiger partial charge in [0.15, 0.2) is 0 Å². The van der Waals surface area contributed by atoms with Gasteiger partial charge in [0.1, 0.15) is 5.75 Å². The molecule has 16 heavy (non-hydrogen) atoms. The quantitative estimate of drug-likeness (QED) is 0.873. The number of hydrogen-bond acceptors (Lipinski definition) is 3. The van der Waals surface area contributed by atoms with Crippen molar-refractivity contribution in [2.24, 2.45) is 5.73 Å². The van der Waals surface area contributed by atoms with E-state index in [-0.39, 0.29) is 11.3 Å². The number of rotatable bonds is 3. The van der Waals surface area contributed by atoms with E-state index in [1.165, 1.54) is 0 Å². The van der Waals surface area contributed by atoms with E-state index >= 15 is 0 Å². The molecule has 0 amide bonds. The van der Waals surface area contributed by atoms with Crippen molar-refractivity contribution in [1.82, 2.24) is 0 Å². The molecule has 0 radical (unpaired) electrons. The first kappa shape index (κ1) is 11.6. The average molecular weight is 239 g/mol. The van der Waals surface area contributed by atoms with Crippen molar-refractivity contribution in [1.29, 1.82) is 0 Å². The molecular weight excluding hydrogens is 222 g/mol. The second-order valence-corrected chi connectivity index (χ2v) is 5.78. The molecule has 1 saturated carbocycles. The second kappa shape index (κ2) is 4.97. The van der Waals surface area contributed by atoms with Gasteiger partial charge >= 0.3 is 0 Å². The number of ether oxygens (including phenoxy) is 1. The van der Waals surface area contributed by atoms with Crippen LogP contribution in [0.25, 0.3) is 0 Å². The maximum Gasteiger partial charge on any atom is 0.118 e. The van der Waals surface area contributed by atoms with Crippen molar-refractivity contribution in [2.75, 3.05) is 7.11 Å². The van der Waals surface area contributed by atoms with Gasteiger partial charge in [-0.25, -0.2) is 0 Å². The predicted octanol–water partition coefficient (Wildman–Crippen LogP) is 1.68. The van der Waals surface area contributed by atoms with Gasteiger partial charge in [0.05, 0.1) is 23.2 Å². The third-order valence-electron chi connectivity index (χ3n) is 3.07. The predicted molar refractivity (Wildman–Crippen MR) is 65.0 cm³/mol.